The van der Waals surface area contributed by atoms with Crippen molar-refractivity contribution < 1.29 is 14.1 Å². The molecular formula is C19H26N4O3. The maximum atomic E-state index is 12.4. The number of ether oxygens (including phenoxy) is 1. The van der Waals surface area contributed by atoms with Gasteiger partial charge in [0.2, 0.25) is 11.7 Å². The minimum atomic E-state index is -0.256. The molecule has 140 valence electrons. The van der Waals surface area contributed by atoms with E-state index in [2.05, 4.69) is 15.5 Å². The molecule has 1 N–H and O–H groups in total. The van der Waals surface area contributed by atoms with Crippen molar-refractivity contribution in [3.8, 4) is 17.1 Å². The second kappa shape index (κ2) is 7.35. The number of aromatic nitrogens is 2. The molecule has 0 aliphatic carbocycles. The van der Waals surface area contributed by atoms with Gasteiger partial charge in [0, 0.05) is 24.2 Å². The highest BCUT2D eigenvalue weighted by Gasteiger charge is 2.30. The Morgan fingerprint density at radius 1 is 1.38 bits per heavy atom. The molecule has 1 aromatic carbocycles. The maximum Gasteiger partial charge on any atom is 0.317 e. The van der Waals surface area contributed by atoms with E-state index in [1.165, 1.54) is 0 Å². The summed E-state index contributed by atoms with van der Waals surface area (Å²) in [7, 11) is 1.63. The smallest absolute Gasteiger partial charge is 0.317 e. The molecule has 1 saturated heterocycles. The van der Waals surface area contributed by atoms with Gasteiger partial charge in [-0.05, 0) is 45.7 Å². The van der Waals surface area contributed by atoms with E-state index >= 15 is 0 Å². The van der Waals surface area contributed by atoms with E-state index in [-0.39, 0.29) is 17.5 Å². The Kier molecular flexibility index (Phi) is 5.15. The predicted octanol–water partition coefficient (Wildman–Crippen LogP) is 3.43. The second-order valence-corrected chi connectivity index (χ2v) is 7.65. The summed E-state index contributed by atoms with van der Waals surface area (Å²) in [6.07, 6.45) is 1.85. The van der Waals surface area contributed by atoms with Gasteiger partial charge < -0.3 is 19.5 Å². The molecule has 1 aliphatic heterocycles. The normalized spacial score (nSPS) is 17.8. The minimum absolute atomic E-state index is 0.0465. The highest BCUT2D eigenvalue weighted by atomic mass is 16.5. The minimum Gasteiger partial charge on any atom is -0.497 e. The van der Waals surface area contributed by atoms with E-state index in [0.717, 1.165) is 30.7 Å². The number of nitrogens with zero attached hydrogens (tertiary/aromatic N) is 3. The molecule has 1 unspecified atom stereocenters. The average molecular weight is 358 g/mol. The number of urea groups is 1. The molecule has 1 fully saturated rings. The van der Waals surface area contributed by atoms with Gasteiger partial charge in [-0.15, -0.1) is 0 Å². The fourth-order valence-electron chi connectivity index (χ4n) is 3.04. The molecule has 26 heavy (non-hydrogen) atoms. The van der Waals surface area contributed by atoms with Crippen LogP contribution in [0.1, 0.15) is 45.4 Å². The Morgan fingerprint density at radius 3 is 2.92 bits per heavy atom. The quantitative estimate of drug-likeness (QED) is 0.909. The van der Waals surface area contributed by atoms with Crippen LogP contribution in [0.3, 0.4) is 0 Å². The van der Waals surface area contributed by atoms with Crippen molar-refractivity contribution in [3.63, 3.8) is 0 Å². The van der Waals surface area contributed by atoms with Gasteiger partial charge >= 0.3 is 6.03 Å². The molecule has 2 heterocycles. The van der Waals surface area contributed by atoms with Crippen molar-refractivity contribution in [1.82, 2.24) is 20.4 Å². The third-order valence-corrected chi connectivity index (χ3v) is 4.31. The first kappa shape index (κ1) is 18.2. The lowest BCUT2D eigenvalue weighted by Crippen LogP contribution is -2.51. The molecule has 1 atom stereocenters. The van der Waals surface area contributed by atoms with Crippen LogP contribution in [0.4, 0.5) is 4.79 Å². The molecule has 3 rings (SSSR count). The Balaban J connectivity index is 1.71. The van der Waals surface area contributed by atoms with Gasteiger partial charge in [-0.1, -0.05) is 17.3 Å². The number of rotatable bonds is 3. The number of amides is 2. The summed E-state index contributed by atoms with van der Waals surface area (Å²) < 4.78 is 10.7. The molecule has 0 radical (unpaired) electrons. The lowest BCUT2D eigenvalue weighted by atomic mass is 9.98. The van der Waals surface area contributed by atoms with Crippen molar-refractivity contribution in [3.05, 3.63) is 30.2 Å². The van der Waals surface area contributed by atoms with E-state index in [9.17, 15) is 4.79 Å². The summed E-state index contributed by atoms with van der Waals surface area (Å²) in [4.78, 5) is 18.8. The van der Waals surface area contributed by atoms with Crippen LogP contribution < -0.4 is 10.1 Å². The van der Waals surface area contributed by atoms with Crippen molar-refractivity contribution in [1.29, 1.82) is 0 Å². The van der Waals surface area contributed by atoms with Crippen LogP contribution in [0.2, 0.25) is 0 Å². The number of carbonyl (C=O) groups excluding carboxylic acids is 1. The Labute approximate surface area is 153 Å². The number of carbonyl (C=O) groups is 1. The average Bonchev–Trinajstić information content (AvgIpc) is 3.11. The molecule has 7 nitrogen and oxygen atoms in total. The van der Waals surface area contributed by atoms with Gasteiger partial charge in [0.15, 0.2) is 0 Å². The topological polar surface area (TPSA) is 80.5 Å². The van der Waals surface area contributed by atoms with Crippen LogP contribution in [0.5, 0.6) is 5.75 Å². The second-order valence-electron chi connectivity index (χ2n) is 7.65. The zero-order chi connectivity index (χ0) is 18.7. The van der Waals surface area contributed by atoms with Gasteiger partial charge in [-0.3, -0.25) is 0 Å². The molecule has 7 heteroatoms. The number of piperidine rings is 1. The van der Waals surface area contributed by atoms with Gasteiger partial charge in [0.1, 0.15) is 5.75 Å². The van der Waals surface area contributed by atoms with Crippen molar-refractivity contribution >= 4 is 6.03 Å². The van der Waals surface area contributed by atoms with Crippen LogP contribution in [-0.2, 0) is 0 Å². The standard InChI is InChI=1S/C19H26N4O3/c1-19(2,3)21-18(24)23-10-6-8-14(12-23)17-20-16(22-26-17)13-7-5-9-15(11-13)25-4/h5,7,9,11,14H,6,8,10,12H2,1-4H3,(H,21,24). The number of likely N-dealkylation sites (tertiary alicyclic amines) is 1. The van der Waals surface area contributed by atoms with Crippen LogP contribution in [0, 0.1) is 0 Å². The molecule has 1 aromatic heterocycles. The van der Waals surface area contributed by atoms with Crippen molar-refractivity contribution in [2.75, 3.05) is 20.2 Å². The molecule has 1 aliphatic rings. The van der Waals surface area contributed by atoms with Gasteiger partial charge in [-0.25, -0.2) is 4.79 Å². The fourth-order valence-corrected chi connectivity index (χ4v) is 3.04. The summed E-state index contributed by atoms with van der Waals surface area (Å²) in [5.74, 6) is 1.92. The first-order valence-electron chi connectivity index (χ1n) is 8.91. The molecule has 0 saturated carbocycles. The molecule has 0 spiro atoms. The number of hydrogen-bond donors (Lipinski definition) is 1. The monoisotopic (exact) mass is 358 g/mol. The first-order chi connectivity index (χ1) is 12.4. The van der Waals surface area contributed by atoms with Gasteiger partial charge in [0.05, 0.1) is 13.0 Å². The van der Waals surface area contributed by atoms with E-state index < -0.39 is 0 Å². The van der Waals surface area contributed by atoms with Crippen molar-refractivity contribution in [2.24, 2.45) is 0 Å². The summed E-state index contributed by atoms with van der Waals surface area (Å²) in [6, 6.07) is 7.51. The fraction of sp³-hybridized carbons (Fsp3) is 0.526. The number of methoxy groups -OCH3 is 1. The lowest BCUT2D eigenvalue weighted by molar-refractivity contribution is 0.164. The Morgan fingerprint density at radius 2 is 2.19 bits per heavy atom. The summed E-state index contributed by atoms with van der Waals surface area (Å²) in [6.45, 7) is 7.26. The highest BCUT2D eigenvalue weighted by molar-refractivity contribution is 5.75. The van der Waals surface area contributed by atoms with E-state index in [0.29, 0.717) is 18.3 Å². The zero-order valence-corrected chi connectivity index (χ0v) is 15.8. The van der Waals surface area contributed by atoms with Gasteiger partial charge in [-0.2, -0.15) is 4.98 Å². The maximum absolute atomic E-state index is 12.4. The van der Waals surface area contributed by atoms with Crippen LogP contribution in [0.15, 0.2) is 28.8 Å². The van der Waals surface area contributed by atoms with E-state index in [1.54, 1.807) is 7.11 Å². The van der Waals surface area contributed by atoms with Crippen LogP contribution >= 0.6 is 0 Å². The highest BCUT2D eigenvalue weighted by Crippen LogP contribution is 2.28. The summed E-state index contributed by atoms with van der Waals surface area (Å²) in [5.41, 5.74) is 0.589. The number of nitrogens with one attached hydrogen (secondary N) is 1. The Hall–Kier alpha value is -2.57. The van der Waals surface area contributed by atoms with E-state index in [1.807, 2.05) is 49.9 Å². The Bertz CT molecular complexity index is 766. The van der Waals surface area contributed by atoms with Crippen LogP contribution in [-0.4, -0.2) is 46.8 Å². The van der Waals surface area contributed by atoms with E-state index in [4.69, 9.17) is 9.26 Å². The summed E-state index contributed by atoms with van der Waals surface area (Å²) in [5, 5.41) is 7.12. The number of hydrogen-bond acceptors (Lipinski definition) is 5. The zero-order valence-electron chi connectivity index (χ0n) is 15.8. The predicted molar refractivity (Wildman–Crippen MR) is 98.1 cm³/mol. The molecule has 2 aromatic rings. The largest absolute Gasteiger partial charge is 0.497 e. The molecule has 2 amide bonds. The van der Waals surface area contributed by atoms with Crippen LogP contribution in [0.25, 0.3) is 11.4 Å². The lowest BCUT2D eigenvalue weighted by Gasteiger charge is -2.33. The van der Waals surface area contributed by atoms with Gasteiger partial charge in [0.25, 0.3) is 0 Å². The third kappa shape index (κ3) is 4.33. The SMILES string of the molecule is COc1cccc(-c2noc(C3CCCN(C(=O)NC(C)(C)C)C3)n2)c1. The summed E-state index contributed by atoms with van der Waals surface area (Å²) >= 11 is 0. The number of benzene rings is 1. The molecular weight excluding hydrogens is 332 g/mol. The van der Waals surface area contributed by atoms with Crippen molar-refractivity contribution in [2.45, 2.75) is 45.1 Å². The third-order valence-electron chi connectivity index (χ3n) is 4.31. The first-order valence-corrected chi connectivity index (χ1v) is 8.91. The molecule has 0 bridgehead atoms.